The number of hydrogen-bond acceptors (Lipinski definition) is 2. The van der Waals surface area contributed by atoms with Crippen LogP contribution >= 0.6 is 11.6 Å². The SMILES string of the molecule is NC(c1ccoc1)c1cccc(Cl)c1. The van der Waals surface area contributed by atoms with Crippen LogP contribution < -0.4 is 5.73 Å². The molecule has 2 N–H and O–H groups in total. The molecule has 0 spiro atoms. The number of hydrogen-bond donors (Lipinski definition) is 1. The third-order valence-corrected chi connectivity index (χ3v) is 2.35. The lowest BCUT2D eigenvalue weighted by Gasteiger charge is -2.09. The first-order valence-corrected chi connectivity index (χ1v) is 4.68. The molecule has 1 unspecified atom stereocenters. The predicted molar refractivity (Wildman–Crippen MR) is 56.2 cm³/mol. The maximum absolute atomic E-state index is 6.01. The van der Waals surface area contributed by atoms with Gasteiger partial charge in [0.2, 0.25) is 0 Å². The summed E-state index contributed by atoms with van der Waals surface area (Å²) in [4.78, 5) is 0. The average Bonchev–Trinajstić information content (AvgIpc) is 2.69. The largest absolute Gasteiger partial charge is 0.472 e. The Balaban J connectivity index is 2.32. The van der Waals surface area contributed by atoms with E-state index in [9.17, 15) is 0 Å². The van der Waals surface area contributed by atoms with Gasteiger partial charge in [-0.25, -0.2) is 0 Å². The summed E-state index contributed by atoms with van der Waals surface area (Å²) in [5.41, 5.74) is 7.95. The number of benzene rings is 1. The summed E-state index contributed by atoms with van der Waals surface area (Å²) in [7, 11) is 0. The Labute approximate surface area is 87.3 Å². The van der Waals surface area contributed by atoms with Crippen molar-refractivity contribution in [2.45, 2.75) is 6.04 Å². The maximum Gasteiger partial charge on any atom is 0.0953 e. The molecular formula is C11H10ClNO. The summed E-state index contributed by atoms with van der Waals surface area (Å²) in [5, 5.41) is 0.696. The summed E-state index contributed by atoms with van der Waals surface area (Å²) >= 11 is 5.87. The molecule has 1 aromatic carbocycles. The second kappa shape index (κ2) is 3.86. The summed E-state index contributed by atoms with van der Waals surface area (Å²) < 4.78 is 4.97. The molecule has 0 aliphatic carbocycles. The van der Waals surface area contributed by atoms with E-state index in [1.54, 1.807) is 12.5 Å². The van der Waals surface area contributed by atoms with Crippen molar-refractivity contribution in [1.29, 1.82) is 0 Å². The van der Waals surface area contributed by atoms with Gasteiger partial charge in [-0.1, -0.05) is 23.7 Å². The zero-order chi connectivity index (χ0) is 9.97. The topological polar surface area (TPSA) is 39.2 Å². The van der Waals surface area contributed by atoms with Crippen molar-refractivity contribution in [1.82, 2.24) is 0 Å². The molecule has 72 valence electrons. The summed E-state index contributed by atoms with van der Waals surface area (Å²) in [6, 6.07) is 9.20. The molecular weight excluding hydrogens is 198 g/mol. The van der Waals surface area contributed by atoms with Crippen LogP contribution in [-0.4, -0.2) is 0 Å². The van der Waals surface area contributed by atoms with E-state index in [0.717, 1.165) is 11.1 Å². The van der Waals surface area contributed by atoms with E-state index in [-0.39, 0.29) is 6.04 Å². The quantitative estimate of drug-likeness (QED) is 0.823. The van der Waals surface area contributed by atoms with Gasteiger partial charge in [-0.15, -0.1) is 0 Å². The van der Waals surface area contributed by atoms with Crippen molar-refractivity contribution in [2.75, 3.05) is 0 Å². The normalized spacial score (nSPS) is 12.7. The summed E-state index contributed by atoms with van der Waals surface area (Å²) in [6.07, 6.45) is 3.26. The van der Waals surface area contributed by atoms with E-state index in [4.69, 9.17) is 21.8 Å². The first-order valence-electron chi connectivity index (χ1n) is 4.30. The Morgan fingerprint density at radius 1 is 1.21 bits per heavy atom. The zero-order valence-corrected chi connectivity index (χ0v) is 8.24. The van der Waals surface area contributed by atoms with Gasteiger partial charge in [0, 0.05) is 10.6 Å². The smallest absolute Gasteiger partial charge is 0.0953 e. The van der Waals surface area contributed by atoms with Crippen molar-refractivity contribution in [3.05, 3.63) is 59.0 Å². The van der Waals surface area contributed by atoms with Crippen molar-refractivity contribution >= 4 is 11.6 Å². The fourth-order valence-electron chi connectivity index (χ4n) is 1.34. The molecule has 0 fully saturated rings. The van der Waals surface area contributed by atoms with E-state index < -0.39 is 0 Å². The Morgan fingerprint density at radius 2 is 2.07 bits per heavy atom. The minimum absolute atomic E-state index is 0.174. The zero-order valence-electron chi connectivity index (χ0n) is 7.48. The molecule has 2 rings (SSSR count). The molecule has 1 atom stereocenters. The Kier molecular flexibility index (Phi) is 2.57. The lowest BCUT2D eigenvalue weighted by molar-refractivity contribution is 0.562. The Hall–Kier alpha value is -1.25. The Morgan fingerprint density at radius 3 is 2.71 bits per heavy atom. The minimum atomic E-state index is -0.174. The van der Waals surface area contributed by atoms with Crippen LogP contribution in [0.15, 0.2) is 47.3 Å². The standard InChI is InChI=1S/C11H10ClNO/c12-10-3-1-2-8(6-10)11(13)9-4-5-14-7-9/h1-7,11H,13H2. The molecule has 0 amide bonds. The van der Waals surface area contributed by atoms with Gasteiger partial charge in [-0.2, -0.15) is 0 Å². The van der Waals surface area contributed by atoms with Crippen LogP contribution in [0.3, 0.4) is 0 Å². The fraction of sp³-hybridized carbons (Fsp3) is 0.0909. The molecule has 0 saturated heterocycles. The second-order valence-corrected chi connectivity index (χ2v) is 3.53. The van der Waals surface area contributed by atoms with Crippen molar-refractivity contribution in [3.8, 4) is 0 Å². The van der Waals surface area contributed by atoms with E-state index in [2.05, 4.69) is 0 Å². The van der Waals surface area contributed by atoms with E-state index in [0.29, 0.717) is 5.02 Å². The minimum Gasteiger partial charge on any atom is -0.472 e. The van der Waals surface area contributed by atoms with Crippen LogP contribution in [0, 0.1) is 0 Å². The monoisotopic (exact) mass is 207 g/mol. The molecule has 0 aliphatic rings. The third kappa shape index (κ3) is 1.81. The molecule has 0 bridgehead atoms. The summed E-state index contributed by atoms with van der Waals surface area (Å²) in [5.74, 6) is 0. The highest BCUT2D eigenvalue weighted by molar-refractivity contribution is 6.30. The van der Waals surface area contributed by atoms with Gasteiger partial charge in [-0.05, 0) is 23.8 Å². The highest BCUT2D eigenvalue weighted by Gasteiger charge is 2.09. The number of furan rings is 1. The van der Waals surface area contributed by atoms with Gasteiger partial charge in [0.15, 0.2) is 0 Å². The molecule has 0 saturated carbocycles. The van der Waals surface area contributed by atoms with Crippen LogP contribution in [0.25, 0.3) is 0 Å². The third-order valence-electron chi connectivity index (χ3n) is 2.11. The van der Waals surface area contributed by atoms with Crippen LogP contribution in [0.4, 0.5) is 0 Å². The predicted octanol–water partition coefficient (Wildman–Crippen LogP) is 2.98. The molecule has 0 radical (unpaired) electrons. The number of nitrogens with two attached hydrogens (primary N) is 1. The van der Waals surface area contributed by atoms with Gasteiger partial charge in [0.05, 0.1) is 18.6 Å². The van der Waals surface area contributed by atoms with Crippen molar-refractivity contribution < 1.29 is 4.42 Å². The van der Waals surface area contributed by atoms with Crippen LogP contribution in [0.2, 0.25) is 5.02 Å². The Bertz CT molecular complexity index is 411. The van der Waals surface area contributed by atoms with Crippen LogP contribution in [0.5, 0.6) is 0 Å². The average molecular weight is 208 g/mol. The van der Waals surface area contributed by atoms with Gasteiger partial charge >= 0.3 is 0 Å². The summed E-state index contributed by atoms with van der Waals surface area (Å²) in [6.45, 7) is 0. The van der Waals surface area contributed by atoms with Crippen LogP contribution in [0.1, 0.15) is 17.2 Å². The van der Waals surface area contributed by atoms with Crippen molar-refractivity contribution in [2.24, 2.45) is 5.73 Å². The molecule has 2 nitrogen and oxygen atoms in total. The number of rotatable bonds is 2. The fourth-order valence-corrected chi connectivity index (χ4v) is 1.54. The molecule has 3 heteroatoms. The second-order valence-electron chi connectivity index (χ2n) is 3.09. The first kappa shape index (κ1) is 9.31. The molecule has 1 aromatic heterocycles. The molecule has 2 aromatic rings. The van der Waals surface area contributed by atoms with E-state index in [1.807, 2.05) is 30.3 Å². The maximum atomic E-state index is 6.01. The first-order chi connectivity index (χ1) is 6.77. The van der Waals surface area contributed by atoms with E-state index >= 15 is 0 Å². The van der Waals surface area contributed by atoms with E-state index in [1.165, 1.54) is 0 Å². The molecule has 0 aliphatic heterocycles. The molecule has 1 heterocycles. The lowest BCUT2D eigenvalue weighted by atomic mass is 10.0. The van der Waals surface area contributed by atoms with Gasteiger partial charge in [-0.3, -0.25) is 0 Å². The van der Waals surface area contributed by atoms with Crippen molar-refractivity contribution in [3.63, 3.8) is 0 Å². The van der Waals surface area contributed by atoms with Gasteiger partial charge in [0.25, 0.3) is 0 Å². The van der Waals surface area contributed by atoms with Crippen LogP contribution in [-0.2, 0) is 0 Å². The van der Waals surface area contributed by atoms with Gasteiger partial charge in [0.1, 0.15) is 0 Å². The lowest BCUT2D eigenvalue weighted by Crippen LogP contribution is -2.10. The number of halogens is 1. The highest BCUT2D eigenvalue weighted by atomic mass is 35.5. The van der Waals surface area contributed by atoms with Gasteiger partial charge < -0.3 is 10.2 Å². The molecule has 14 heavy (non-hydrogen) atoms. The highest BCUT2D eigenvalue weighted by Crippen LogP contribution is 2.22.